The first-order valence-electron chi connectivity index (χ1n) is 10.1. The molecular weight excluding hydrogens is 454 g/mol. The zero-order valence-corrected chi connectivity index (χ0v) is 18.2. The predicted molar refractivity (Wildman–Crippen MR) is 119 cm³/mol. The van der Waals surface area contributed by atoms with Crippen LogP contribution in [-0.2, 0) is 14.1 Å². The fourth-order valence-corrected chi connectivity index (χ4v) is 4.40. The number of fused-ring (bicyclic) bond motifs is 1. The zero-order valence-electron chi connectivity index (χ0n) is 17.3. The molecule has 4 N–H and O–H groups in total. The summed E-state index contributed by atoms with van der Waals surface area (Å²) in [4.78, 5) is 26.3. The molecule has 2 aromatic carbocycles. The molecule has 1 aromatic heterocycles. The van der Waals surface area contributed by atoms with Gasteiger partial charge in [-0.3, -0.25) is 4.57 Å². The van der Waals surface area contributed by atoms with Gasteiger partial charge in [0, 0.05) is 6.42 Å². The maximum absolute atomic E-state index is 13.7. The number of nitrogens with two attached hydrogens (primary N) is 1. The molecule has 0 radical (unpaired) electrons. The van der Waals surface area contributed by atoms with Crippen molar-refractivity contribution in [2.24, 2.45) is 0 Å². The Hall–Kier alpha value is -2.95. The van der Waals surface area contributed by atoms with Gasteiger partial charge < -0.3 is 29.4 Å². The summed E-state index contributed by atoms with van der Waals surface area (Å²) in [5, 5.41) is 15.2. The molecule has 1 saturated heterocycles. The molecule has 0 bridgehead atoms. The highest BCUT2D eigenvalue weighted by Gasteiger charge is 2.36. The van der Waals surface area contributed by atoms with E-state index in [0.29, 0.717) is 12.0 Å². The van der Waals surface area contributed by atoms with Crippen molar-refractivity contribution >= 4 is 31.4 Å². The van der Waals surface area contributed by atoms with E-state index in [-0.39, 0.29) is 19.6 Å². The summed E-state index contributed by atoms with van der Waals surface area (Å²) in [6, 6.07) is 13.3. The molecule has 0 spiro atoms. The molecule has 1 aliphatic heterocycles. The number of aldehydes is 1. The number of anilines is 1. The van der Waals surface area contributed by atoms with Gasteiger partial charge in [0.05, 0.1) is 25.5 Å². The number of nitrogens with zero attached hydrogens (tertiary/aromatic N) is 2. The van der Waals surface area contributed by atoms with Gasteiger partial charge in [-0.25, -0.2) is 14.3 Å². The molecule has 4 unspecified atom stereocenters. The first-order valence-corrected chi connectivity index (χ1v) is 11.3. The van der Waals surface area contributed by atoms with Gasteiger partial charge in [-0.05, 0) is 22.9 Å². The molecule has 1 aliphatic rings. The fourth-order valence-electron chi connectivity index (χ4n) is 3.38. The lowest BCUT2D eigenvalue weighted by atomic mass is 10.1. The van der Waals surface area contributed by atoms with Crippen LogP contribution < -0.4 is 21.0 Å². The third-order valence-corrected chi connectivity index (χ3v) is 6.22. The lowest BCUT2D eigenvalue weighted by molar-refractivity contribution is -0.107. The Morgan fingerprint density at radius 3 is 2.91 bits per heavy atom. The molecule has 0 aliphatic carbocycles. The van der Waals surface area contributed by atoms with Crippen LogP contribution in [0, 0.1) is 5.82 Å². The lowest BCUT2D eigenvalue weighted by Crippen LogP contribution is -2.29. The molecule has 10 nitrogen and oxygen atoms in total. The average Bonchev–Trinajstić information content (AvgIpc) is 3.18. The fraction of sp³-hybridized carbons (Fsp3) is 0.286. The van der Waals surface area contributed by atoms with Crippen LogP contribution in [0.5, 0.6) is 5.75 Å². The normalized spacial score (nSPS) is 21.2. The number of nitrogens with one attached hydrogen (secondary N) is 1. The van der Waals surface area contributed by atoms with E-state index in [1.54, 1.807) is 6.07 Å². The number of aromatic nitrogens is 2. The molecule has 3 aromatic rings. The highest BCUT2D eigenvalue weighted by Crippen LogP contribution is 2.38. The Morgan fingerprint density at radius 1 is 1.33 bits per heavy atom. The van der Waals surface area contributed by atoms with Gasteiger partial charge in [0.25, 0.3) is 0 Å². The van der Waals surface area contributed by atoms with Crippen LogP contribution in [0.15, 0.2) is 53.5 Å². The standard InChI is InChI=1S/C21H22FN4O6P/c22-16-11-26(21(29)25-20(16)23)19-10-17(28)18(31-19)12-30-33(24-7-8-27)32-15-6-5-13-3-1-2-4-14(13)9-15/h1-6,8-9,11,17-19,24,28H,7,10,12H2,(H2,23,25,29). The van der Waals surface area contributed by atoms with E-state index >= 15 is 0 Å². The van der Waals surface area contributed by atoms with Crippen LogP contribution in [0.25, 0.3) is 10.8 Å². The van der Waals surface area contributed by atoms with Crippen molar-refractivity contribution in [3.63, 3.8) is 0 Å². The minimum absolute atomic E-state index is 0.00175. The molecular formula is C21H22FN4O6P. The average molecular weight is 476 g/mol. The van der Waals surface area contributed by atoms with E-state index in [1.807, 2.05) is 36.4 Å². The largest absolute Gasteiger partial charge is 0.436 e. The van der Waals surface area contributed by atoms with Crippen molar-refractivity contribution in [1.29, 1.82) is 0 Å². The summed E-state index contributed by atoms with van der Waals surface area (Å²) >= 11 is 0. The second-order valence-electron chi connectivity index (χ2n) is 7.28. The molecule has 0 amide bonds. The van der Waals surface area contributed by atoms with Gasteiger partial charge in [0.2, 0.25) is 0 Å². The summed E-state index contributed by atoms with van der Waals surface area (Å²) in [7, 11) is -1.75. The Kier molecular flexibility index (Phi) is 7.26. The van der Waals surface area contributed by atoms with Crippen molar-refractivity contribution in [1.82, 2.24) is 14.6 Å². The number of halogens is 1. The lowest BCUT2D eigenvalue weighted by Gasteiger charge is -2.21. The number of nitrogen functional groups attached to an aromatic ring is 1. The number of carbonyl (C=O) groups excluding carboxylic acids is 1. The molecule has 2 heterocycles. The first-order chi connectivity index (χ1) is 15.9. The molecule has 12 heteroatoms. The second kappa shape index (κ2) is 10.3. The van der Waals surface area contributed by atoms with E-state index in [1.165, 1.54) is 0 Å². The summed E-state index contributed by atoms with van der Waals surface area (Å²) in [5.41, 5.74) is 4.51. The Balaban J connectivity index is 1.41. The van der Waals surface area contributed by atoms with E-state index < -0.39 is 44.3 Å². The summed E-state index contributed by atoms with van der Waals surface area (Å²) < 4.78 is 32.0. The van der Waals surface area contributed by atoms with Crippen molar-refractivity contribution in [3.05, 3.63) is 65.0 Å². The number of hydrogen-bond donors (Lipinski definition) is 3. The van der Waals surface area contributed by atoms with Gasteiger partial charge in [0.15, 0.2) is 11.6 Å². The van der Waals surface area contributed by atoms with Gasteiger partial charge >= 0.3 is 14.2 Å². The number of hydrogen-bond acceptors (Lipinski definition) is 9. The van der Waals surface area contributed by atoms with E-state index in [4.69, 9.17) is 19.5 Å². The summed E-state index contributed by atoms with van der Waals surface area (Å²) in [5.74, 6) is -0.830. The van der Waals surface area contributed by atoms with Crippen LogP contribution in [0.2, 0.25) is 0 Å². The Bertz CT molecular complexity index is 1190. The molecule has 174 valence electrons. The first kappa shape index (κ1) is 23.2. The van der Waals surface area contributed by atoms with Crippen molar-refractivity contribution in [3.8, 4) is 5.75 Å². The van der Waals surface area contributed by atoms with E-state index in [0.717, 1.165) is 21.5 Å². The number of rotatable bonds is 9. The maximum Gasteiger partial charge on any atom is 0.351 e. The van der Waals surface area contributed by atoms with Crippen LogP contribution in [0.3, 0.4) is 0 Å². The molecule has 1 fully saturated rings. The van der Waals surface area contributed by atoms with Crippen LogP contribution >= 0.6 is 8.53 Å². The summed E-state index contributed by atoms with van der Waals surface area (Å²) in [6.45, 7) is -0.0930. The van der Waals surface area contributed by atoms with Crippen molar-refractivity contribution < 1.29 is 28.1 Å². The number of carbonyl (C=O) groups is 1. The molecule has 0 saturated carbocycles. The third kappa shape index (κ3) is 5.52. The Morgan fingerprint density at radius 2 is 2.12 bits per heavy atom. The third-order valence-electron chi connectivity index (χ3n) is 5.02. The van der Waals surface area contributed by atoms with Crippen LogP contribution in [-0.4, -0.2) is 46.3 Å². The van der Waals surface area contributed by atoms with Gasteiger partial charge in [-0.15, -0.1) is 0 Å². The second-order valence-corrected chi connectivity index (χ2v) is 8.55. The molecule has 4 atom stereocenters. The minimum atomic E-state index is -1.75. The predicted octanol–water partition coefficient (Wildman–Crippen LogP) is 1.88. The van der Waals surface area contributed by atoms with Gasteiger partial charge in [-0.1, -0.05) is 30.3 Å². The number of ether oxygens (including phenoxy) is 1. The smallest absolute Gasteiger partial charge is 0.351 e. The number of aliphatic hydroxyl groups is 1. The zero-order chi connectivity index (χ0) is 23.4. The Labute approximate surface area is 189 Å². The summed E-state index contributed by atoms with van der Waals surface area (Å²) in [6.07, 6.45) is -1.12. The topological polar surface area (TPSA) is 138 Å². The monoisotopic (exact) mass is 476 g/mol. The van der Waals surface area contributed by atoms with Gasteiger partial charge in [0.1, 0.15) is 24.4 Å². The van der Waals surface area contributed by atoms with Crippen molar-refractivity contribution in [2.75, 3.05) is 18.9 Å². The van der Waals surface area contributed by atoms with Crippen LogP contribution in [0.1, 0.15) is 12.6 Å². The number of benzene rings is 2. The van der Waals surface area contributed by atoms with E-state index in [2.05, 4.69) is 10.1 Å². The molecule has 33 heavy (non-hydrogen) atoms. The number of aliphatic hydroxyl groups excluding tert-OH is 1. The van der Waals surface area contributed by atoms with E-state index in [9.17, 15) is 19.1 Å². The minimum Gasteiger partial charge on any atom is -0.436 e. The molecule has 4 rings (SSSR count). The quantitative estimate of drug-likeness (QED) is 0.312. The highest BCUT2D eigenvalue weighted by atomic mass is 31.2. The maximum atomic E-state index is 13.7. The highest BCUT2D eigenvalue weighted by molar-refractivity contribution is 7.45. The van der Waals surface area contributed by atoms with Gasteiger partial charge in [-0.2, -0.15) is 4.98 Å². The van der Waals surface area contributed by atoms with Crippen molar-refractivity contribution in [2.45, 2.75) is 24.9 Å². The van der Waals surface area contributed by atoms with Crippen LogP contribution in [0.4, 0.5) is 10.2 Å². The SMILES string of the molecule is Nc1nc(=O)n(C2CC(O)C(COP(NCC=O)Oc3ccc4ccccc4c3)O2)cc1F.